The van der Waals surface area contributed by atoms with Crippen LogP contribution >= 0.6 is 27.7 Å². The molecular weight excluding hydrogens is 500 g/mol. The minimum atomic E-state index is -1.01. The fourth-order valence-corrected chi connectivity index (χ4v) is 4.15. The van der Waals surface area contributed by atoms with E-state index in [9.17, 15) is 14.4 Å². The summed E-state index contributed by atoms with van der Waals surface area (Å²) in [6.45, 7) is 1.81. The van der Waals surface area contributed by atoms with Gasteiger partial charge in [-0.05, 0) is 82.7 Å². The Morgan fingerprint density at radius 3 is 2.56 bits per heavy atom. The van der Waals surface area contributed by atoms with E-state index in [2.05, 4.69) is 20.9 Å². The van der Waals surface area contributed by atoms with Gasteiger partial charge in [0.15, 0.2) is 11.8 Å². The summed E-state index contributed by atoms with van der Waals surface area (Å²) in [6, 6.07) is 11.3. The Morgan fingerprint density at radius 1 is 1.22 bits per heavy atom. The van der Waals surface area contributed by atoms with E-state index in [0.29, 0.717) is 26.0 Å². The van der Waals surface area contributed by atoms with Gasteiger partial charge in [-0.3, -0.25) is 9.69 Å². The first kappa shape index (κ1) is 23.6. The Kier molecular flexibility index (Phi) is 7.70. The number of benzene rings is 2. The monoisotopic (exact) mass is 518 g/mol. The minimum Gasteiger partial charge on any atom is -0.481 e. The fourth-order valence-electron chi connectivity index (χ4n) is 2.66. The van der Waals surface area contributed by atoms with Crippen molar-refractivity contribution in [3.63, 3.8) is 0 Å². The quantitative estimate of drug-likeness (QED) is 0.429. The SMILES string of the molecule is CCOC(=O)COc1ccc(/C=C2\SC(=Nc3ccc(C(=O)O)cc3)N(C)C2=O)cc1Br. The van der Waals surface area contributed by atoms with Crippen molar-refractivity contribution in [1.82, 2.24) is 4.90 Å². The number of thioether (sulfide) groups is 1. The van der Waals surface area contributed by atoms with E-state index in [-0.39, 0.29) is 24.7 Å². The molecule has 32 heavy (non-hydrogen) atoms. The second-order valence-corrected chi connectivity index (χ2v) is 8.37. The molecule has 1 heterocycles. The number of esters is 1. The van der Waals surface area contributed by atoms with Gasteiger partial charge in [0, 0.05) is 7.05 Å². The number of carbonyl (C=O) groups is 3. The lowest BCUT2D eigenvalue weighted by molar-refractivity contribution is -0.145. The first-order valence-electron chi connectivity index (χ1n) is 9.46. The van der Waals surface area contributed by atoms with Crippen molar-refractivity contribution in [2.45, 2.75) is 6.92 Å². The number of rotatable bonds is 7. The molecule has 1 fully saturated rings. The molecule has 1 N–H and O–H groups in total. The third-order valence-corrected chi connectivity index (χ3v) is 5.93. The predicted octanol–water partition coefficient (Wildman–Crippen LogP) is 4.32. The third-order valence-electron chi connectivity index (χ3n) is 4.25. The van der Waals surface area contributed by atoms with E-state index in [1.54, 1.807) is 50.4 Å². The summed E-state index contributed by atoms with van der Waals surface area (Å²) in [4.78, 5) is 41.4. The average molecular weight is 519 g/mol. The molecule has 0 radical (unpaired) electrons. The van der Waals surface area contributed by atoms with Crippen molar-refractivity contribution in [2.75, 3.05) is 20.3 Å². The van der Waals surface area contributed by atoms with Gasteiger partial charge in [0.05, 0.1) is 27.2 Å². The second-order valence-electron chi connectivity index (χ2n) is 6.50. The summed E-state index contributed by atoms with van der Waals surface area (Å²) in [7, 11) is 1.63. The Labute approximate surface area is 197 Å². The van der Waals surface area contributed by atoms with Crippen LogP contribution in [-0.4, -0.2) is 53.3 Å². The van der Waals surface area contributed by atoms with Gasteiger partial charge in [0.1, 0.15) is 5.75 Å². The van der Waals surface area contributed by atoms with Crippen molar-refractivity contribution < 1.29 is 29.0 Å². The van der Waals surface area contributed by atoms with Crippen LogP contribution in [0.1, 0.15) is 22.8 Å². The molecule has 2 aromatic rings. The molecule has 0 atom stereocenters. The number of aliphatic imine (C=N–C) groups is 1. The van der Waals surface area contributed by atoms with Crippen molar-refractivity contribution in [1.29, 1.82) is 0 Å². The first-order valence-corrected chi connectivity index (χ1v) is 11.1. The molecule has 10 heteroatoms. The predicted molar refractivity (Wildman–Crippen MR) is 125 cm³/mol. The van der Waals surface area contributed by atoms with Crippen LogP contribution in [0.15, 0.2) is 56.8 Å². The van der Waals surface area contributed by atoms with Gasteiger partial charge in [-0.1, -0.05) is 6.07 Å². The normalized spacial score (nSPS) is 16.0. The maximum absolute atomic E-state index is 12.6. The molecule has 166 valence electrons. The van der Waals surface area contributed by atoms with Gasteiger partial charge in [-0.15, -0.1) is 0 Å². The van der Waals surface area contributed by atoms with Crippen LogP contribution in [0.4, 0.5) is 5.69 Å². The Balaban J connectivity index is 1.74. The summed E-state index contributed by atoms with van der Waals surface area (Å²) in [5.74, 6) is -1.18. The number of aromatic carboxylic acids is 1. The van der Waals surface area contributed by atoms with Crippen molar-refractivity contribution in [2.24, 2.45) is 4.99 Å². The van der Waals surface area contributed by atoms with Crippen LogP contribution in [0, 0.1) is 0 Å². The number of hydrogen-bond acceptors (Lipinski definition) is 7. The third kappa shape index (κ3) is 5.77. The highest BCUT2D eigenvalue weighted by Crippen LogP contribution is 2.34. The van der Waals surface area contributed by atoms with Crippen molar-refractivity contribution in [3.05, 3.63) is 63.0 Å². The zero-order valence-electron chi connectivity index (χ0n) is 17.2. The highest BCUT2D eigenvalue weighted by Gasteiger charge is 2.30. The van der Waals surface area contributed by atoms with Gasteiger partial charge in [0.25, 0.3) is 5.91 Å². The zero-order chi connectivity index (χ0) is 23.3. The standard InChI is InChI=1S/C22H19BrN2O6S/c1-3-30-19(26)12-31-17-9-4-13(10-16(17)23)11-18-20(27)25(2)22(32-18)24-15-7-5-14(6-8-15)21(28)29/h4-11H,3,12H2,1-2H3,(H,28,29)/b18-11-,24-22?. The van der Waals surface area contributed by atoms with Gasteiger partial charge < -0.3 is 14.6 Å². The molecule has 0 spiro atoms. The smallest absolute Gasteiger partial charge is 0.344 e. The molecule has 0 bridgehead atoms. The summed E-state index contributed by atoms with van der Waals surface area (Å²) < 4.78 is 10.9. The topological polar surface area (TPSA) is 106 Å². The van der Waals surface area contributed by atoms with E-state index in [4.69, 9.17) is 14.6 Å². The van der Waals surface area contributed by atoms with Crippen LogP contribution < -0.4 is 4.74 Å². The van der Waals surface area contributed by atoms with Crippen LogP contribution in [0.2, 0.25) is 0 Å². The maximum Gasteiger partial charge on any atom is 0.344 e. The van der Waals surface area contributed by atoms with E-state index < -0.39 is 11.9 Å². The molecule has 1 aliphatic heterocycles. The number of nitrogens with zero attached hydrogens (tertiary/aromatic N) is 2. The minimum absolute atomic E-state index is 0.165. The molecule has 0 unspecified atom stereocenters. The van der Waals surface area contributed by atoms with Crippen LogP contribution in [0.5, 0.6) is 5.75 Å². The lowest BCUT2D eigenvalue weighted by atomic mass is 10.2. The van der Waals surface area contributed by atoms with Crippen LogP contribution in [-0.2, 0) is 14.3 Å². The number of likely N-dealkylation sites (N-methyl/N-ethyl adjacent to an activating group) is 1. The molecule has 8 nitrogen and oxygen atoms in total. The largest absolute Gasteiger partial charge is 0.481 e. The molecule has 2 aromatic carbocycles. The van der Waals surface area contributed by atoms with E-state index in [1.807, 2.05) is 0 Å². The summed E-state index contributed by atoms with van der Waals surface area (Å²) in [5.41, 5.74) is 1.47. The number of halogens is 1. The highest BCUT2D eigenvalue weighted by molar-refractivity contribution is 9.10. The van der Waals surface area contributed by atoms with Crippen molar-refractivity contribution in [3.8, 4) is 5.75 Å². The molecule has 0 saturated carbocycles. The fraction of sp³-hybridized carbons (Fsp3) is 0.182. The molecule has 1 saturated heterocycles. The molecule has 1 amide bonds. The van der Waals surface area contributed by atoms with E-state index in [1.165, 1.54) is 28.8 Å². The highest BCUT2D eigenvalue weighted by atomic mass is 79.9. The number of carboxylic acids is 1. The Morgan fingerprint density at radius 2 is 1.94 bits per heavy atom. The number of carboxylic acid groups (broad SMARTS) is 1. The zero-order valence-corrected chi connectivity index (χ0v) is 19.6. The van der Waals surface area contributed by atoms with Crippen molar-refractivity contribution >= 4 is 62.5 Å². The van der Waals surface area contributed by atoms with E-state index >= 15 is 0 Å². The summed E-state index contributed by atoms with van der Waals surface area (Å²) in [6.07, 6.45) is 1.74. The van der Waals surface area contributed by atoms with Gasteiger partial charge >= 0.3 is 11.9 Å². The number of amidine groups is 1. The number of amides is 1. The summed E-state index contributed by atoms with van der Waals surface area (Å²) in [5, 5.41) is 9.48. The van der Waals surface area contributed by atoms with Gasteiger partial charge in [-0.2, -0.15) is 0 Å². The molecule has 0 aromatic heterocycles. The lowest BCUT2D eigenvalue weighted by Crippen LogP contribution is -2.23. The molecular formula is C22H19BrN2O6S. The lowest BCUT2D eigenvalue weighted by Gasteiger charge is -2.08. The molecule has 0 aliphatic carbocycles. The molecule has 1 aliphatic rings. The Bertz CT molecular complexity index is 1110. The van der Waals surface area contributed by atoms with Gasteiger partial charge in [-0.25, -0.2) is 14.6 Å². The second kappa shape index (κ2) is 10.5. The van der Waals surface area contributed by atoms with Crippen LogP contribution in [0.25, 0.3) is 6.08 Å². The van der Waals surface area contributed by atoms with Crippen LogP contribution in [0.3, 0.4) is 0 Å². The van der Waals surface area contributed by atoms with Gasteiger partial charge in [0.2, 0.25) is 0 Å². The van der Waals surface area contributed by atoms with E-state index in [0.717, 1.165) is 5.56 Å². The average Bonchev–Trinajstić information content (AvgIpc) is 3.01. The number of ether oxygens (including phenoxy) is 2. The number of hydrogen-bond donors (Lipinski definition) is 1. The Hall–Kier alpha value is -3.11. The maximum atomic E-state index is 12.6. The number of carbonyl (C=O) groups excluding carboxylic acids is 2. The summed E-state index contributed by atoms with van der Waals surface area (Å²) >= 11 is 4.63. The first-order chi connectivity index (χ1) is 15.3. The molecule has 3 rings (SSSR count).